The Kier molecular flexibility index (Phi) is 5.53. The van der Waals surface area contributed by atoms with E-state index < -0.39 is 0 Å². The summed E-state index contributed by atoms with van der Waals surface area (Å²) in [6, 6.07) is 6.08. The fourth-order valence-electron chi connectivity index (χ4n) is 1.23. The summed E-state index contributed by atoms with van der Waals surface area (Å²) < 4.78 is 0.979. The molecular formula is C11H15BrClN. The molecule has 1 rings (SSSR count). The zero-order valence-corrected chi connectivity index (χ0v) is 10.7. The van der Waals surface area contributed by atoms with Crippen LogP contribution in [0.5, 0.6) is 0 Å². The van der Waals surface area contributed by atoms with Gasteiger partial charge in [0.2, 0.25) is 0 Å². The van der Waals surface area contributed by atoms with Crippen LogP contribution in [0.3, 0.4) is 0 Å². The molecule has 0 spiro atoms. The molecule has 0 atom stereocenters. The molecule has 0 bridgehead atoms. The van der Waals surface area contributed by atoms with Crippen LogP contribution in [0, 0.1) is 0 Å². The lowest BCUT2D eigenvalue weighted by Gasteiger charge is -2.04. The predicted octanol–water partition coefficient (Wildman–Crippen LogP) is 3.64. The van der Waals surface area contributed by atoms with Crippen molar-refractivity contribution in [3.63, 3.8) is 0 Å². The number of rotatable bonds is 5. The van der Waals surface area contributed by atoms with Crippen molar-refractivity contribution in [2.24, 2.45) is 0 Å². The number of benzene rings is 1. The summed E-state index contributed by atoms with van der Waals surface area (Å²) in [7, 11) is 0. The Bertz CT molecular complexity index is 289. The van der Waals surface area contributed by atoms with E-state index in [1.807, 2.05) is 6.07 Å². The van der Waals surface area contributed by atoms with Crippen molar-refractivity contribution in [3.05, 3.63) is 33.3 Å². The highest BCUT2D eigenvalue weighted by Gasteiger charge is 1.98. The molecule has 0 aliphatic rings. The Balaban J connectivity index is 2.39. The molecule has 0 saturated heterocycles. The second-order valence-corrected chi connectivity index (χ2v) is 4.51. The highest BCUT2D eigenvalue weighted by molar-refractivity contribution is 9.10. The predicted molar refractivity (Wildman–Crippen MR) is 66.0 cm³/mol. The monoisotopic (exact) mass is 275 g/mol. The van der Waals surface area contributed by atoms with Gasteiger partial charge in [-0.25, -0.2) is 0 Å². The summed E-state index contributed by atoms with van der Waals surface area (Å²) in [6.45, 7) is 4.29. The Hall–Kier alpha value is -0.0500. The molecule has 1 aromatic carbocycles. The van der Waals surface area contributed by atoms with Gasteiger partial charge in [0, 0.05) is 4.47 Å². The van der Waals surface area contributed by atoms with Crippen LogP contribution in [-0.2, 0) is 6.42 Å². The minimum atomic E-state index is 0.773. The van der Waals surface area contributed by atoms with Gasteiger partial charge in [-0.3, -0.25) is 0 Å². The average molecular weight is 277 g/mol. The maximum atomic E-state index is 5.90. The first-order valence-corrected chi connectivity index (χ1v) is 6.05. The smallest absolute Gasteiger partial charge is 0.0548 e. The SMILES string of the molecule is CCCNCCc1ccc(Cl)c(Br)c1. The maximum absolute atomic E-state index is 5.90. The number of hydrogen-bond donors (Lipinski definition) is 1. The van der Waals surface area contributed by atoms with Crippen LogP contribution in [0.15, 0.2) is 22.7 Å². The Morgan fingerprint density at radius 3 is 2.79 bits per heavy atom. The van der Waals surface area contributed by atoms with Crippen LogP contribution >= 0.6 is 27.5 Å². The topological polar surface area (TPSA) is 12.0 Å². The first kappa shape index (κ1) is 12.0. The number of hydrogen-bond acceptors (Lipinski definition) is 1. The lowest BCUT2D eigenvalue weighted by atomic mass is 10.1. The normalized spacial score (nSPS) is 10.5. The van der Waals surface area contributed by atoms with Gasteiger partial charge in [-0.2, -0.15) is 0 Å². The third-order valence-corrected chi connectivity index (χ3v) is 3.22. The fourth-order valence-corrected chi connectivity index (χ4v) is 1.77. The standard InChI is InChI=1S/C11H15BrClN/c1-2-6-14-7-5-9-3-4-11(13)10(12)8-9/h3-4,8,14H,2,5-7H2,1H3. The Labute approximate surface area is 99.0 Å². The fraction of sp³-hybridized carbons (Fsp3) is 0.455. The van der Waals surface area contributed by atoms with Crippen LogP contribution in [0.2, 0.25) is 5.02 Å². The molecule has 78 valence electrons. The molecule has 0 aliphatic heterocycles. The molecule has 0 aromatic heterocycles. The zero-order valence-electron chi connectivity index (χ0n) is 8.32. The van der Waals surface area contributed by atoms with E-state index in [1.54, 1.807) is 0 Å². The molecule has 1 aromatic rings. The van der Waals surface area contributed by atoms with E-state index >= 15 is 0 Å². The van der Waals surface area contributed by atoms with Gasteiger partial charge in [-0.1, -0.05) is 24.6 Å². The highest BCUT2D eigenvalue weighted by Crippen LogP contribution is 2.23. The van der Waals surface area contributed by atoms with Gasteiger partial charge in [0.25, 0.3) is 0 Å². The molecule has 0 saturated carbocycles. The molecule has 3 heteroatoms. The molecule has 14 heavy (non-hydrogen) atoms. The third kappa shape index (κ3) is 3.99. The molecule has 0 unspecified atom stereocenters. The van der Waals surface area contributed by atoms with E-state index in [0.717, 1.165) is 29.0 Å². The summed E-state index contributed by atoms with van der Waals surface area (Å²) >= 11 is 9.32. The number of nitrogens with one attached hydrogen (secondary N) is 1. The summed E-state index contributed by atoms with van der Waals surface area (Å²) in [6.07, 6.45) is 2.24. The zero-order chi connectivity index (χ0) is 10.4. The van der Waals surface area contributed by atoms with E-state index in [-0.39, 0.29) is 0 Å². The first-order valence-electron chi connectivity index (χ1n) is 4.88. The van der Waals surface area contributed by atoms with Gasteiger partial charge >= 0.3 is 0 Å². The molecular weight excluding hydrogens is 261 g/mol. The van der Waals surface area contributed by atoms with Gasteiger partial charge in [-0.15, -0.1) is 0 Å². The Morgan fingerprint density at radius 2 is 2.14 bits per heavy atom. The summed E-state index contributed by atoms with van der Waals surface area (Å²) in [5, 5.41) is 4.14. The van der Waals surface area contributed by atoms with Crippen LogP contribution in [0.1, 0.15) is 18.9 Å². The van der Waals surface area contributed by atoms with Crippen molar-refractivity contribution < 1.29 is 0 Å². The molecule has 0 radical (unpaired) electrons. The van der Waals surface area contributed by atoms with Crippen molar-refractivity contribution in [3.8, 4) is 0 Å². The molecule has 0 aliphatic carbocycles. The van der Waals surface area contributed by atoms with Crippen LogP contribution in [-0.4, -0.2) is 13.1 Å². The summed E-state index contributed by atoms with van der Waals surface area (Å²) in [5.74, 6) is 0. The molecule has 1 nitrogen and oxygen atoms in total. The second-order valence-electron chi connectivity index (χ2n) is 3.25. The molecule has 0 heterocycles. The minimum absolute atomic E-state index is 0.773. The quantitative estimate of drug-likeness (QED) is 0.810. The van der Waals surface area contributed by atoms with Gasteiger partial charge < -0.3 is 5.32 Å². The molecule has 1 N–H and O–H groups in total. The number of halogens is 2. The van der Waals surface area contributed by atoms with E-state index in [0.29, 0.717) is 0 Å². The molecule has 0 fully saturated rings. The van der Waals surface area contributed by atoms with E-state index in [2.05, 4.69) is 40.3 Å². The van der Waals surface area contributed by atoms with Gasteiger partial charge in [0.15, 0.2) is 0 Å². The van der Waals surface area contributed by atoms with E-state index in [1.165, 1.54) is 12.0 Å². The minimum Gasteiger partial charge on any atom is -0.316 e. The van der Waals surface area contributed by atoms with Gasteiger partial charge in [0.1, 0.15) is 0 Å². The van der Waals surface area contributed by atoms with Crippen LogP contribution < -0.4 is 5.32 Å². The summed E-state index contributed by atoms with van der Waals surface area (Å²) in [5.41, 5.74) is 1.31. The summed E-state index contributed by atoms with van der Waals surface area (Å²) in [4.78, 5) is 0. The van der Waals surface area contributed by atoms with Crippen LogP contribution in [0.25, 0.3) is 0 Å². The van der Waals surface area contributed by atoms with Gasteiger partial charge in [-0.05, 0) is 59.6 Å². The molecule has 0 amide bonds. The lowest BCUT2D eigenvalue weighted by molar-refractivity contribution is 0.671. The van der Waals surface area contributed by atoms with Crippen molar-refractivity contribution in [2.75, 3.05) is 13.1 Å². The van der Waals surface area contributed by atoms with E-state index in [4.69, 9.17) is 11.6 Å². The van der Waals surface area contributed by atoms with Gasteiger partial charge in [0.05, 0.1) is 5.02 Å². The van der Waals surface area contributed by atoms with Crippen molar-refractivity contribution >= 4 is 27.5 Å². The van der Waals surface area contributed by atoms with Crippen molar-refractivity contribution in [2.45, 2.75) is 19.8 Å². The van der Waals surface area contributed by atoms with Crippen molar-refractivity contribution in [1.29, 1.82) is 0 Å². The lowest BCUT2D eigenvalue weighted by Crippen LogP contribution is -2.17. The second kappa shape index (κ2) is 6.44. The first-order chi connectivity index (χ1) is 6.74. The van der Waals surface area contributed by atoms with Crippen molar-refractivity contribution in [1.82, 2.24) is 5.32 Å². The Morgan fingerprint density at radius 1 is 1.36 bits per heavy atom. The maximum Gasteiger partial charge on any atom is 0.0548 e. The van der Waals surface area contributed by atoms with E-state index in [9.17, 15) is 0 Å². The highest BCUT2D eigenvalue weighted by atomic mass is 79.9. The average Bonchev–Trinajstić information content (AvgIpc) is 2.18. The van der Waals surface area contributed by atoms with Crippen LogP contribution in [0.4, 0.5) is 0 Å². The largest absolute Gasteiger partial charge is 0.316 e. The third-order valence-electron chi connectivity index (χ3n) is 2.00.